The largest absolute Gasteiger partial charge is 0.366 e. The van der Waals surface area contributed by atoms with Crippen LogP contribution in [-0.4, -0.2) is 30.5 Å². The van der Waals surface area contributed by atoms with Gasteiger partial charge in [-0.15, -0.1) is 0 Å². The fourth-order valence-electron chi connectivity index (χ4n) is 3.77. The second-order valence-electron chi connectivity index (χ2n) is 6.63. The van der Waals surface area contributed by atoms with Gasteiger partial charge in [-0.3, -0.25) is 14.9 Å². The molecule has 2 aromatic carbocycles. The minimum Gasteiger partial charge on any atom is -0.366 e. The van der Waals surface area contributed by atoms with Crippen molar-refractivity contribution in [1.82, 2.24) is 0 Å². The minimum atomic E-state index is -0.389. The second kappa shape index (κ2) is 6.72. The van der Waals surface area contributed by atoms with Gasteiger partial charge in [-0.1, -0.05) is 15.9 Å². The molecule has 134 valence electrons. The molecule has 0 radical (unpaired) electrons. The molecular formula is C19H18BrN3O3. The Hall–Kier alpha value is -2.41. The Morgan fingerprint density at radius 1 is 1.04 bits per heavy atom. The Morgan fingerprint density at radius 2 is 1.77 bits per heavy atom. The zero-order chi connectivity index (χ0) is 18.3. The molecule has 2 aromatic rings. The Morgan fingerprint density at radius 3 is 2.50 bits per heavy atom. The number of nitro benzene ring substituents is 1. The number of nitrogens with zero attached hydrogens (tertiary/aromatic N) is 3. The first kappa shape index (κ1) is 17.0. The number of hydrogen-bond donors (Lipinski definition) is 0. The van der Waals surface area contributed by atoms with Gasteiger partial charge < -0.3 is 9.80 Å². The summed E-state index contributed by atoms with van der Waals surface area (Å²) < 4.78 is 0.983. The Bertz CT molecular complexity index is 894. The number of carbonyl (C=O) groups excluding carboxylic acids is 1. The fraction of sp³-hybridized carbons (Fsp3) is 0.316. The number of nitro groups is 1. The third-order valence-electron chi connectivity index (χ3n) is 5.05. The summed E-state index contributed by atoms with van der Waals surface area (Å²) in [5, 5.41) is 11.6. The topological polar surface area (TPSA) is 66.7 Å². The summed E-state index contributed by atoms with van der Waals surface area (Å²) in [5.41, 5.74) is 2.96. The molecule has 1 fully saturated rings. The van der Waals surface area contributed by atoms with Crippen LogP contribution in [0.25, 0.3) is 0 Å². The van der Waals surface area contributed by atoms with E-state index in [-0.39, 0.29) is 16.5 Å². The lowest BCUT2D eigenvalue weighted by atomic mass is 10.1. The van der Waals surface area contributed by atoms with Crippen LogP contribution in [0.15, 0.2) is 40.9 Å². The molecule has 0 spiro atoms. The number of fused-ring (bicyclic) bond motifs is 1. The molecule has 0 bridgehead atoms. The van der Waals surface area contributed by atoms with E-state index in [0.29, 0.717) is 17.8 Å². The molecule has 26 heavy (non-hydrogen) atoms. The molecular weight excluding hydrogens is 398 g/mol. The molecule has 0 N–H and O–H groups in total. The van der Waals surface area contributed by atoms with Gasteiger partial charge in [0.15, 0.2) is 0 Å². The molecule has 2 aliphatic rings. The smallest absolute Gasteiger partial charge is 0.293 e. The zero-order valence-electron chi connectivity index (χ0n) is 14.2. The van der Waals surface area contributed by atoms with Gasteiger partial charge in [-0.2, -0.15) is 0 Å². The molecule has 1 saturated heterocycles. The van der Waals surface area contributed by atoms with Gasteiger partial charge in [-0.05, 0) is 55.2 Å². The van der Waals surface area contributed by atoms with Crippen molar-refractivity contribution in [1.29, 1.82) is 0 Å². The summed E-state index contributed by atoms with van der Waals surface area (Å²) in [6.07, 6.45) is 2.87. The maximum atomic E-state index is 13.0. The molecule has 2 aliphatic heterocycles. The average molecular weight is 416 g/mol. The standard InChI is InChI=1S/C19H18BrN3O3/c20-15-4-6-16-13(11-15)7-10-22(16)19(24)14-3-5-17(18(12-14)23(25)26)21-8-1-2-9-21/h3-6,11-12H,1-2,7-10H2. The number of anilines is 2. The number of benzene rings is 2. The van der Waals surface area contributed by atoms with Crippen LogP contribution in [0.4, 0.5) is 17.1 Å². The third-order valence-corrected chi connectivity index (χ3v) is 5.54. The van der Waals surface area contributed by atoms with E-state index < -0.39 is 0 Å². The van der Waals surface area contributed by atoms with E-state index in [4.69, 9.17) is 0 Å². The predicted octanol–water partition coefficient (Wildman–Crippen LogP) is 4.16. The van der Waals surface area contributed by atoms with Crippen LogP contribution in [0.3, 0.4) is 0 Å². The molecule has 0 saturated carbocycles. The average Bonchev–Trinajstić information content (AvgIpc) is 3.30. The highest BCUT2D eigenvalue weighted by molar-refractivity contribution is 9.10. The quantitative estimate of drug-likeness (QED) is 0.557. The molecule has 0 aromatic heterocycles. The Kier molecular flexibility index (Phi) is 4.40. The molecule has 7 heteroatoms. The number of hydrogen-bond acceptors (Lipinski definition) is 4. The van der Waals surface area contributed by atoms with Gasteiger partial charge in [0.2, 0.25) is 0 Å². The lowest BCUT2D eigenvalue weighted by Crippen LogP contribution is -2.29. The highest BCUT2D eigenvalue weighted by Crippen LogP contribution is 2.35. The van der Waals surface area contributed by atoms with Crippen LogP contribution in [0, 0.1) is 10.1 Å². The molecule has 0 unspecified atom stereocenters. The van der Waals surface area contributed by atoms with Gasteiger partial charge in [0, 0.05) is 41.4 Å². The van der Waals surface area contributed by atoms with Crippen LogP contribution in [0.2, 0.25) is 0 Å². The summed E-state index contributed by atoms with van der Waals surface area (Å²) in [5.74, 6) is -0.192. The lowest BCUT2D eigenvalue weighted by molar-refractivity contribution is -0.384. The predicted molar refractivity (Wildman–Crippen MR) is 104 cm³/mol. The first-order chi connectivity index (χ1) is 12.5. The van der Waals surface area contributed by atoms with Crippen LogP contribution in [0.1, 0.15) is 28.8 Å². The van der Waals surface area contributed by atoms with E-state index >= 15 is 0 Å². The van der Waals surface area contributed by atoms with Gasteiger partial charge >= 0.3 is 0 Å². The zero-order valence-corrected chi connectivity index (χ0v) is 15.7. The van der Waals surface area contributed by atoms with Crippen molar-refractivity contribution in [2.45, 2.75) is 19.3 Å². The van der Waals surface area contributed by atoms with E-state index in [1.807, 2.05) is 23.1 Å². The number of carbonyl (C=O) groups is 1. The molecule has 1 amide bonds. The lowest BCUT2D eigenvalue weighted by Gasteiger charge is -2.20. The highest BCUT2D eigenvalue weighted by atomic mass is 79.9. The summed E-state index contributed by atoms with van der Waals surface area (Å²) in [6, 6.07) is 10.7. The van der Waals surface area contributed by atoms with Crippen molar-refractivity contribution in [3.05, 3.63) is 62.1 Å². The molecule has 0 aliphatic carbocycles. The van der Waals surface area contributed by atoms with E-state index in [9.17, 15) is 14.9 Å². The number of halogens is 1. The van der Waals surface area contributed by atoms with Crippen LogP contribution < -0.4 is 9.80 Å². The van der Waals surface area contributed by atoms with Crippen molar-refractivity contribution < 1.29 is 9.72 Å². The SMILES string of the molecule is O=C(c1ccc(N2CCCC2)c([N+](=O)[O-])c1)N1CCc2cc(Br)ccc21. The van der Waals surface area contributed by atoms with Crippen molar-refractivity contribution in [3.63, 3.8) is 0 Å². The maximum absolute atomic E-state index is 13.0. The Balaban J connectivity index is 1.67. The van der Waals surface area contributed by atoms with Crippen LogP contribution >= 0.6 is 15.9 Å². The minimum absolute atomic E-state index is 0.00739. The first-order valence-corrected chi connectivity index (χ1v) is 9.47. The van der Waals surface area contributed by atoms with E-state index in [1.165, 1.54) is 6.07 Å². The highest BCUT2D eigenvalue weighted by Gasteiger charge is 2.29. The summed E-state index contributed by atoms with van der Waals surface area (Å²) in [4.78, 5) is 27.9. The fourth-order valence-corrected chi connectivity index (χ4v) is 4.17. The molecule has 4 rings (SSSR count). The van der Waals surface area contributed by atoms with E-state index in [1.54, 1.807) is 17.0 Å². The second-order valence-corrected chi connectivity index (χ2v) is 7.55. The van der Waals surface area contributed by atoms with Crippen molar-refractivity contribution in [2.75, 3.05) is 29.4 Å². The van der Waals surface area contributed by atoms with E-state index in [2.05, 4.69) is 15.9 Å². The number of rotatable bonds is 3. The van der Waals surface area contributed by atoms with Crippen LogP contribution in [0.5, 0.6) is 0 Å². The normalized spacial score (nSPS) is 16.0. The monoisotopic (exact) mass is 415 g/mol. The maximum Gasteiger partial charge on any atom is 0.293 e. The van der Waals surface area contributed by atoms with Crippen molar-refractivity contribution in [2.24, 2.45) is 0 Å². The Labute approximate surface area is 159 Å². The van der Waals surface area contributed by atoms with Gasteiger partial charge in [-0.25, -0.2) is 0 Å². The molecule has 6 nitrogen and oxygen atoms in total. The summed E-state index contributed by atoms with van der Waals surface area (Å²) in [7, 11) is 0. The van der Waals surface area contributed by atoms with Crippen molar-refractivity contribution >= 4 is 38.9 Å². The molecule has 0 atom stereocenters. The molecule has 2 heterocycles. The van der Waals surface area contributed by atoms with Gasteiger partial charge in [0.1, 0.15) is 5.69 Å². The van der Waals surface area contributed by atoms with Gasteiger partial charge in [0.25, 0.3) is 11.6 Å². The first-order valence-electron chi connectivity index (χ1n) is 8.68. The third kappa shape index (κ3) is 2.96. The number of amides is 1. The van der Waals surface area contributed by atoms with Gasteiger partial charge in [0.05, 0.1) is 4.92 Å². The van der Waals surface area contributed by atoms with E-state index in [0.717, 1.165) is 48.1 Å². The summed E-state index contributed by atoms with van der Waals surface area (Å²) in [6.45, 7) is 2.23. The van der Waals surface area contributed by atoms with Crippen LogP contribution in [-0.2, 0) is 6.42 Å². The summed E-state index contributed by atoms with van der Waals surface area (Å²) >= 11 is 3.45. The van der Waals surface area contributed by atoms with Crippen molar-refractivity contribution in [3.8, 4) is 0 Å².